The number of carboxylic acids is 1. The lowest BCUT2D eigenvalue weighted by atomic mass is 9.79. The Hall–Kier alpha value is -1.36. The van der Waals surface area contributed by atoms with E-state index in [0.29, 0.717) is 16.8 Å². The van der Waals surface area contributed by atoms with Crippen LogP contribution in [0.3, 0.4) is 0 Å². The quantitative estimate of drug-likeness (QED) is 0.902. The van der Waals surface area contributed by atoms with Gasteiger partial charge in [-0.25, -0.2) is 4.79 Å². The Balaban J connectivity index is 1.44. The van der Waals surface area contributed by atoms with Crippen molar-refractivity contribution >= 4 is 23.2 Å². The van der Waals surface area contributed by atoms with Crippen LogP contribution in [0.25, 0.3) is 0 Å². The fraction of sp³-hybridized carbons (Fsp3) is 0.625. The fourth-order valence-corrected chi connectivity index (χ4v) is 5.80. The lowest BCUT2D eigenvalue weighted by Crippen LogP contribution is -2.42. The molecule has 0 spiro atoms. The predicted molar refractivity (Wildman–Crippen MR) is 79.6 cm³/mol. The monoisotopic (exact) mass is 305 g/mol. The van der Waals surface area contributed by atoms with Crippen LogP contribution >= 0.6 is 11.3 Å². The van der Waals surface area contributed by atoms with Crippen molar-refractivity contribution in [3.8, 4) is 0 Å². The van der Waals surface area contributed by atoms with Gasteiger partial charge in [-0.3, -0.25) is 4.79 Å². The number of amides is 1. The highest BCUT2D eigenvalue weighted by Gasteiger charge is 2.54. The van der Waals surface area contributed by atoms with E-state index in [0.717, 1.165) is 35.5 Å². The van der Waals surface area contributed by atoms with Crippen LogP contribution in [0.5, 0.6) is 0 Å². The third-order valence-electron chi connectivity index (χ3n) is 5.79. The molecule has 4 rings (SSSR count). The molecule has 3 saturated carbocycles. The highest BCUT2D eigenvalue weighted by atomic mass is 32.1. The molecule has 112 valence electrons. The Labute approximate surface area is 127 Å². The first-order chi connectivity index (χ1) is 10.1. The van der Waals surface area contributed by atoms with E-state index in [1.807, 2.05) is 0 Å². The van der Waals surface area contributed by atoms with Gasteiger partial charge in [-0.2, -0.15) is 0 Å². The van der Waals surface area contributed by atoms with Gasteiger partial charge < -0.3 is 10.4 Å². The maximum absolute atomic E-state index is 12.3. The molecule has 5 heteroatoms. The maximum Gasteiger partial charge on any atom is 0.345 e. The van der Waals surface area contributed by atoms with Gasteiger partial charge in [0, 0.05) is 6.04 Å². The van der Waals surface area contributed by atoms with Crippen LogP contribution in [0.4, 0.5) is 0 Å². The number of aromatic carboxylic acids is 1. The van der Waals surface area contributed by atoms with Crippen molar-refractivity contribution in [3.05, 3.63) is 21.9 Å². The molecule has 2 bridgehead atoms. The lowest BCUT2D eigenvalue weighted by molar-refractivity contribution is 0.0702. The molecule has 1 heterocycles. The van der Waals surface area contributed by atoms with Gasteiger partial charge in [0.1, 0.15) is 4.88 Å². The Morgan fingerprint density at radius 1 is 1.10 bits per heavy atom. The molecule has 3 fully saturated rings. The van der Waals surface area contributed by atoms with E-state index in [9.17, 15) is 9.59 Å². The molecular formula is C16H19NO3S. The Morgan fingerprint density at radius 3 is 2.62 bits per heavy atom. The molecular weight excluding hydrogens is 286 g/mol. The third kappa shape index (κ3) is 2.09. The van der Waals surface area contributed by atoms with Gasteiger partial charge >= 0.3 is 5.97 Å². The van der Waals surface area contributed by atoms with E-state index in [-0.39, 0.29) is 10.8 Å². The number of carbonyl (C=O) groups excluding carboxylic acids is 1. The van der Waals surface area contributed by atoms with Gasteiger partial charge in [-0.05, 0) is 61.5 Å². The molecule has 5 atom stereocenters. The second-order valence-electron chi connectivity index (χ2n) is 6.70. The summed E-state index contributed by atoms with van der Waals surface area (Å²) in [4.78, 5) is 23.9. The van der Waals surface area contributed by atoms with E-state index < -0.39 is 5.97 Å². The average Bonchev–Trinajstić information content (AvgIpc) is 3.20. The first kappa shape index (κ1) is 13.3. The van der Waals surface area contributed by atoms with Gasteiger partial charge in [0.05, 0.1) is 4.88 Å². The zero-order valence-electron chi connectivity index (χ0n) is 11.7. The Kier molecular flexibility index (Phi) is 3.06. The van der Waals surface area contributed by atoms with Crippen LogP contribution < -0.4 is 5.32 Å². The third-order valence-corrected chi connectivity index (χ3v) is 6.86. The molecule has 3 aliphatic carbocycles. The number of carbonyl (C=O) groups is 2. The van der Waals surface area contributed by atoms with Gasteiger partial charge in [0.2, 0.25) is 0 Å². The van der Waals surface area contributed by atoms with Crippen molar-refractivity contribution in [1.29, 1.82) is 0 Å². The number of fused-ring (bicyclic) bond motifs is 5. The zero-order valence-corrected chi connectivity index (χ0v) is 12.6. The minimum Gasteiger partial charge on any atom is -0.477 e. The summed E-state index contributed by atoms with van der Waals surface area (Å²) in [7, 11) is 0. The van der Waals surface area contributed by atoms with Crippen molar-refractivity contribution in [2.45, 2.75) is 38.1 Å². The second kappa shape index (κ2) is 4.83. The van der Waals surface area contributed by atoms with Crippen molar-refractivity contribution in [2.24, 2.45) is 23.7 Å². The van der Waals surface area contributed by atoms with Gasteiger partial charge in [0.15, 0.2) is 0 Å². The molecule has 21 heavy (non-hydrogen) atoms. The van der Waals surface area contributed by atoms with Crippen molar-refractivity contribution in [1.82, 2.24) is 5.32 Å². The lowest BCUT2D eigenvalue weighted by Gasteiger charge is -2.31. The van der Waals surface area contributed by atoms with Gasteiger partial charge in [-0.15, -0.1) is 11.3 Å². The standard InChI is InChI=1S/C16H19NO3S/c18-15(13-4-5-14(21-13)16(19)20)17-12-7-8-6-11(12)10-3-1-2-9(8)10/h4-5,8-12H,1-3,6-7H2,(H,17,18)(H,19,20). The molecule has 5 unspecified atom stereocenters. The van der Waals surface area contributed by atoms with E-state index in [1.165, 1.54) is 31.7 Å². The summed E-state index contributed by atoms with van der Waals surface area (Å²) in [6.45, 7) is 0. The number of hydrogen-bond acceptors (Lipinski definition) is 3. The highest BCUT2D eigenvalue weighted by molar-refractivity contribution is 7.15. The molecule has 0 radical (unpaired) electrons. The summed E-state index contributed by atoms with van der Waals surface area (Å²) in [5, 5.41) is 12.1. The molecule has 1 aromatic rings. The average molecular weight is 305 g/mol. The summed E-state index contributed by atoms with van der Waals surface area (Å²) in [5.41, 5.74) is 0. The zero-order chi connectivity index (χ0) is 14.6. The molecule has 4 nitrogen and oxygen atoms in total. The first-order valence-corrected chi connectivity index (χ1v) is 8.59. The summed E-state index contributed by atoms with van der Waals surface area (Å²) >= 11 is 1.06. The molecule has 1 aromatic heterocycles. The van der Waals surface area contributed by atoms with Crippen LogP contribution in [0, 0.1) is 23.7 Å². The largest absolute Gasteiger partial charge is 0.477 e. The smallest absolute Gasteiger partial charge is 0.345 e. The van der Waals surface area contributed by atoms with Crippen LogP contribution in [0.15, 0.2) is 12.1 Å². The second-order valence-corrected chi connectivity index (χ2v) is 7.79. The van der Waals surface area contributed by atoms with E-state index in [1.54, 1.807) is 6.07 Å². The molecule has 2 N–H and O–H groups in total. The van der Waals surface area contributed by atoms with Crippen LogP contribution in [-0.4, -0.2) is 23.0 Å². The van der Waals surface area contributed by atoms with Crippen molar-refractivity contribution in [2.75, 3.05) is 0 Å². The van der Waals surface area contributed by atoms with Gasteiger partial charge in [0.25, 0.3) is 5.91 Å². The summed E-state index contributed by atoms with van der Waals surface area (Å²) in [5.74, 6) is 2.15. The number of rotatable bonds is 3. The topological polar surface area (TPSA) is 66.4 Å². The maximum atomic E-state index is 12.3. The van der Waals surface area contributed by atoms with E-state index >= 15 is 0 Å². The summed E-state index contributed by atoms with van der Waals surface area (Å²) < 4.78 is 0. The molecule has 0 aromatic carbocycles. The van der Waals surface area contributed by atoms with Gasteiger partial charge in [-0.1, -0.05) is 6.42 Å². The fourth-order valence-electron chi connectivity index (χ4n) is 5.05. The number of hydrogen-bond donors (Lipinski definition) is 2. The first-order valence-electron chi connectivity index (χ1n) is 7.77. The van der Waals surface area contributed by atoms with Crippen molar-refractivity contribution in [3.63, 3.8) is 0 Å². The van der Waals surface area contributed by atoms with E-state index in [4.69, 9.17) is 5.11 Å². The number of thiophene rings is 1. The number of carboxylic acid groups (broad SMARTS) is 1. The molecule has 1 amide bonds. The minimum absolute atomic E-state index is 0.0976. The molecule has 0 saturated heterocycles. The minimum atomic E-state index is -0.965. The predicted octanol–water partition coefficient (Wildman–Crippen LogP) is 3.00. The Morgan fingerprint density at radius 2 is 1.86 bits per heavy atom. The molecule has 0 aliphatic heterocycles. The van der Waals surface area contributed by atoms with Crippen LogP contribution in [0.2, 0.25) is 0 Å². The summed E-state index contributed by atoms with van der Waals surface area (Å²) in [6.07, 6.45) is 6.48. The SMILES string of the molecule is O=C(O)c1ccc(C(=O)NC2CC3CC2C2CCCC32)s1. The van der Waals surface area contributed by atoms with Crippen LogP contribution in [-0.2, 0) is 0 Å². The normalized spacial score (nSPS) is 36.7. The summed E-state index contributed by atoms with van der Waals surface area (Å²) in [6, 6.07) is 3.43. The van der Waals surface area contributed by atoms with Crippen molar-refractivity contribution < 1.29 is 14.7 Å². The highest BCUT2D eigenvalue weighted by Crippen LogP contribution is 2.58. The Bertz CT molecular complexity index is 596. The van der Waals surface area contributed by atoms with Crippen LogP contribution in [0.1, 0.15) is 51.4 Å². The molecule has 3 aliphatic rings. The number of nitrogens with one attached hydrogen (secondary N) is 1. The van der Waals surface area contributed by atoms with E-state index in [2.05, 4.69) is 5.32 Å².